The molecule has 0 unspecified atom stereocenters. The lowest BCUT2D eigenvalue weighted by Gasteiger charge is -2.22. The van der Waals surface area contributed by atoms with E-state index >= 15 is 0 Å². The van der Waals surface area contributed by atoms with Crippen LogP contribution in [-0.2, 0) is 6.54 Å². The van der Waals surface area contributed by atoms with E-state index in [1.165, 1.54) is 11.3 Å². The quantitative estimate of drug-likeness (QED) is 0.268. The van der Waals surface area contributed by atoms with Crippen LogP contribution in [0.4, 0.5) is 5.95 Å². The second-order valence-corrected chi connectivity index (χ2v) is 10.7. The van der Waals surface area contributed by atoms with Gasteiger partial charge in [-0.1, -0.05) is 77.0 Å². The van der Waals surface area contributed by atoms with Gasteiger partial charge >= 0.3 is 5.69 Å². The number of hydrogen-bond donors (Lipinski definition) is 3. The first kappa shape index (κ1) is 24.8. The molecule has 10 nitrogen and oxygen atoms in total. The molecule has 1 aliphatic carbocycles. The van der Waals surface area contributed by atoms with Crippen LogP contribution in [0, 0.1) is 18.5 Å². The van der Waals surface area contributed by atoms with Crippen molar-refractivity contribution in [2.75, 3.05) is 5.32 Å². The Labute approximate surface area is 231 Å². The second-order valence-electron chi connectivity index (χ2n) is 9.32. The third-order valence-electron chi connectivity index (χ3n) is 6.56. The summed E-state index contributed by atoms with van der Waals surface area (Å²) >= 11 is 6.99. The molecule has 0 fully saturated rings. The van der Waals surface area contributed by atoms with Crippen LogP contribution in [0.5, 0.6) is 0 Å². The van der Waals surface area contributed by atoms with Crippen molar-refractivity contribution < 1.29 is 4.79 Å². The van der Waals surface area contributed by atoms with E-state index in [1.54, 1.807) is 9.95 Å². The van der Waals surface area contributed by atoms with E-state index in [2.05, 4.69) is 98.3 Å². The van der Waals surface area contributed by atoms with Gasteiger partial charge in [0.2, 0.25) is 0 Å². The Kier molecular flexibility index (Phi) is 6.33. The van der Waals surface area contributed by atoms with Gasteiger partial charge in [-0.3, -0.25) is 19.7 Å². The summed E-state index contributed by atoms with van der Waals surface area (Å²) in [4.78, 5) is 32.7. The molecule has 12 heteroatoms. The largest absolute Gasteiger partial charge is 0.326 e. The van der Waals surface area contributed by atoms with E-state index in [0.29, 0.717) is 9.65 Å². The fraction of sp³-hybridized carbons (Fsp3) is 0.148. The summed E-state index contributed by atoms with van der Waals surface area (Å²) in [5, 5.41) is 17.8. The van der Waals surface area contributed by atoms with Crippen LogP contribution in [0.15, 0.2) is 52.8 Å². The lowest BCUT2D eigenvalue weighted by Crippen LogP contribution is -2.25. The number of aromatic amines is 2. The van der Waals surface area contributed by atoms with Crippen molar-refractivity contribution in [1.82, 2.24) is 35.2 Å². The number of aromatic nitrogens is 7. The van der Waals surface area contributed by atoms with Crippen LogP contribution < -0.4 is 11.0 Å². The molecule has 1 amide bonds. The standard InChI is InChI=1S/C27H22N8O2S2/c1-14-3-7-18-16(9-14)5-6-17-10-15(2)4-8-19(17)23(18)20-11-35(27(37)30-25(20)38)12-22-28-21(13-39-22)24(36)29-26-31-33-34-32-26/h3-11,13,23H,12H2,1-2H3,(H,30,37,38)(H2,29,31,32,33,34,36). The van der Waals surface area contributed by atoms with E-state index in [0.717, 1.165) is 38.9 Å². The van der Waals surface area contributed by atoms with E-state index in [-0.39, 0.29) is 29.8 Å². The van der Waals surface area contributed by atoms with Gasteiger partial charge in [-0.15, -0.1) is 16.4 Å². The van der Waals surface area contributed by atoms with Crippen molar-refractivity contribution in [3.63, 3.8) is 0 Å². The Morgan fingerprint density at radius 1 is 1.08 bits per heavy atom. The Morgan fingerprint density at radius 2 is 1.77 bits per heavy atom. The highest BCUT2D eigenvalue weighted by Gasteiger charge is 2.26. The molecule has 0 bridgehead atoms. The number of anilines is 1. The highest BCUT2D eigenvalue weighted by molar-refractivity contribution is 7.71. The summed E-state index contributed by atoms with van der Waals surface area (Å²) in [5.41, 5.74) is 7.43. The van der Waals surface area contributed by atoms with Crippen molar-refractivity contribution >= 4 is 47.6 Å². The van der Waals surface area contributed by atoms with Crippen molar-refractivity contribution in [3.05, 3.63) is 113 Å². The fourth-order valence-corrected chi connectivity index (χ4v) is 5.78. The molecule has 0 aliphatic heterocycles. The van der Waals surface area contributed by atoms with Crippen LogP contribution in [0.25, 0.3) is 12.2 Å². The molecule has 3 heterocycles. The zero-order valence-electron chi connectivity index (χ0n) is 20.9. The van der Waals surface area contributed by atoms with Crippen LogP contribution in [-0.4, -0.2) is 41.1 Å². The number of thiazole rings is 1. The maximum absolute atomic E-state index is 13.0. The average Bonchev–Trinajstić information content (AvgIpc) is 3.57. The summed E-state index contributed by atoms with van der Waals surface area (Å²) in [6.45, 7) is 4.32. The van der Waals surface area contributed by atoms with E-state index in [9.17, 15) is 9.59 Å². The summed E-state index contributed by atoms with van der Waals surface area (Å²) in [7, 11) is 0. The molecule has 0 saturated carbocycles. The minimum absolute atomic E-state index is 0.0508. The molecule has 3 N–H and O–H groups in total. The van der Waals surface area contributed by atoms with E-state index in [1.807, 2.05) is 6.20 Å². The number of aryl methyl sites for hydroxylation is 2. The lowest BCUT2D eigenvalue weighted by molar-refractivity contribution is 0.102. The number of rotatable bonds is 5. The van der Waals surface area contributed by atoms with Gasteiger partial charge in [0.25, 0.3) is 11.9 Å². The van der Waals surface area contributed by atoms with E-state index < -0.39 is 5.91 Å². The van der Waals surface area contributed by atoms with Gasteiger partial charge in [0.15, 0.2) is 0 Å². The Hall–Kier alpha value is -4.55. The maximum atomic E-state index is 13.0. The van der Waals surface area contributed by atoms with E-state index in [4.69, 9.17) is 12.2 Å². The smallest absolute Gasteiger partial charge is 0.298 e. The van der Waals surface area contributed by atoms with Crippen LogP contribution in [0.3, 0.4) is 0 Å². The fourth-order valence-electron chi connectivity index (χ4n) is 4.75. The lowest BCUT2D eigenvalue weighted by atomic mass is 9.83. The third-order valence-corrected chi connectivity index (χ3v) is 7.73. The third kappa shape index (κ3) is 4.87. The minimum Gasteiger partial charge on any atom is -0.298 e. The van der Waals surface area contributed by atoms with Gasteiger partial charge in [-0.25, -0.2) is 9.78 Å². The predicted octanol–water partition coefficient (Wildman–Crippen LogP) is 4.46. The number of nitrogens with one attached hydrogen (secondary N) is 3. The summed E-state index contributed by atoms with van der Waals surface area (Å²) < 4.78 is 1.94. The summed E-state index contributed by atoms with van der Waals surface area (Å²) in [6, 6.07) is 12.8. The van der Waals surface area contributed by atoms with Crippen molar-refractivity contribution in [2.45, 2.75) is 26.3 Å². The molecule has 6 rings (SSSR count). The predicted molar refractivity (Wildman–Crippen MR) is 151 cm³/mol. The topological polar surface area (TPSA) is 134 Å². The molecule has 5 aromatic rings. The first-order valence-electron chi connectivity index (χ1n) is 12.1. The highest BCUT2D eigenvalue weighted by atomic mass is 32.1. The number of carbonyl (C=O) groups is 1. The molecular formula is C27H22N8O2S2. The van der Waals surface area contributed by atoms with Crippen molar-refractivity contribution in [3.8, 4) is 0 Å². The molecule has 1 aliphatic rings. The van der Waals surface area contributed by atoms with Gasteiger partial charge in [0, 0.05) is 23.1 Å². The Bertz CT molecular complexity index is 1810. The minimum atomic E-state index is -0.468. The number of tetrazole rings is 1. The van der Waals surface area contributed by atoms with Gasteiger partial charge in [0.05, 0.1) is 6.54 Å². The van der Waals surface area contributed by atoms with Gasteiger partial charge < -0.3 is 0 Å². The van der Waals surface area contributed by atoms with Crippen molar-refractivity contribution in [2.24, 2.45) is 0 Å². The molecular weight excluding hydrogens is 532 g/mol. The molecule has 0 radical (unpaired) electrons. The Balaban J connectivity index is 1.40. The summed E-state index contributed by atoms with van der Waals surface area (Å²) in [5.74, 6) is -0.603. The molecule has 0 spiro atoms. The molecule has 0 saturated heterocycles. The molecule has 2 aromatic carbocycles. The summed E-state index contributed by atoms with van der Waals surface area (Å²) in [6.07, 6.45) is 6.09. The number of nitrogens with zero attached hydrogens (tertiary/aromatic N) is 5. The molecule has 0 atom stereocenters. The second kappa shape index (κ2) is 9.97. The van der Waals surface area contributed by atoms with Gasteiger partial charge in [0.1, 0.15) is 15.3 Å². The number of benzene rings is 2. The van der Waals surface area contributed by atoms with Gasteiger partial charge in [-0.2, -0.15) is 5.21 Å². The molecule has 194 valence electrons. The monoisotopic (exact) mass is 554 g/mol. The number of carbonyl (C=O) groups excluding carboxylic acids is 1. The Morgan fingerprint density at radius 3 is 2.41 bits per heavy atom. The molecule has 3 aromatic heterocycles. The van der Waals surface area contributed by atoms with Crippen molar-refractivity contribution in [1.29, 1.82) is 0 Å². The molecule has 39 heavy (non-hydrogen) atoms. The number of fused-ring (bicyclic) bond motifs is 2. The first-order chi connectivity index (χ1) is 18.9. The van der Waals surface area contributed by atoms with Gasteiger partial charge in [-0.05, 0) is 41.3 Å². The maximum Gasteiger partial charge on any atom is 0.326 e. The number of amides is 1. The SMILES string of the molecule is Cc1ccc2c(c1)C=Cc1cc(C)ccc1C2c1cn(Cc2nc(C(=O)Nc3nn[nH]n3)cs2)c(=O)[nH]c1=S. The van der Waals surface area contributed by atoms with Crippen LogP contribution >= 0.6 is 23.6 Å². The van der Waals surface area contributed by atoms with Crippen LogP contribution in [0.2, 0.25) is 0 Å². The zero-order valence-corrected chi connectivity index (χ0v) is 22.6. The average molecular weight is 555 g/mol. The number of hydrogen-bond acceptors (Lipinski definition) is 8. The normalized spacial score (nSPS) is 12.6. The van der Waals surface area contributed by atoms with Crippen LogP contribution in [0.1, 0.15) is 60.4 Å². The zero-order chi connectivity index (χ0) is 27.1. The first-order valence-corrected chi connectivity index (χ1v) is 13.4. The number of H-pyrrole nitrogens is 2. The highest BCUT2D eigenvalue weighted by Crippen LogP contribution is 2.39.